The molecule has 2 aromatic rings. The molecule has 1 aliphatic rings. The third-order valence-corrected chi connectivity index (χ3v) is 5.08. The van der Waals surface area contributed by atoms with Crippen LogP contribution in [0.5, 0.6) is 0 Å². The summed E-state index contributed by atoms with van der Waals surface area (Å²) in [5, 5.41) is 6.84. The summed E-state index contributed by atoms with van der Waals surface area (Å²) in [6.07, 6.45) is 4.68. The summed E-state index contributed by atoms with van der Waals surface area (Å²) >= 11 is 0. The number of nitrogens with one attached hydrogen (secondary N) is 1. The third kappa shape index (κ3) is 3.01. The van der Waals surface area contributed by atoms with E-state index < -0.39 is 9.84 Å². The maximum absolute atomic E-state index is 11.9. The van der Waals surface area contributed by atoms with Gasteiger partial charge in [0.05, 0.1) is 17.9 Å². The summed E-state index contributed by atoms with van der Waals surface area (Å²) in [5.74, 6) is 0. The Morgan fingerprint density at radius 3 is 2.81 bits per heavy atom. The molecule has 1 saturated heterocycles. The first-order valence-electron chi connectivity index (χ1n) is 7.07. The smallest absolute Gasteiger partial charge is 0.178 e. The Morgan fingerprint density at radius 2 is 2.10 bits per heavy atom. The second-order valence-electron chi connectivity index (χ2n) is 5.53. The molecule has 112 valence electrons. The Kier molecular flexibility index (Phi) is 3.82. The molecule has 0 amide bonds. The zero-order chi connectivity index (χ0) is 14.9. The van der Waals surface area contributed by atoms with Crippen LogP contribution in [0.4, 0.5) is 0 Å². The molecular weight excluding hydrogens is 286 g/mol. The van der Waals surface area contributed by atoms with E-state index in [9.17, 15) is 8.42 Å². The molecule has 0 radical (unpaired) electrons. The first-order valence-corrected chi connectivity index (χ1v) is 8.96. The van der Waals surface area contributed by atoms with Gasteiger partial charge in [-0.15, -0.1) is 0 Å². The molecule has 0 aliphatic carbocycles. The van der Waals surface area contributed by atoms with Crippen LogP contribution in [-0.4, -0.2) is 36.3 Å². The Balaban J connectivity index is 1.87. The molecule has 5 nitrogen and oxygen atoms in total. The lowest BCUT2D eigenvalue weighted by Crippen LogP contribution is -2.24. The standard InChI is InChI=1S/C15H19N3O2S/c1-21(19,20)14-10-16-17-15(14)13-8-5-9-18(13)11-12-6-3-2-4-7-12/h2-4,6-7,10,13H,5,8-9,11H2,1H3,(H,16,17)/t13-/m0/s1. The van der Waals surface area contributed by atoms with E-state index >= 15 is 0 Å². The predicted molar refractivity (Wildman–Crippen MR) is 80.5 cm³/mol. The molecule has 0 unspecified atom stereocenters. The third-order valence-electron chi connectivity index (χ3n) is 3.96. The van der Waals surface area contributed by atoms with Gasteiger partial charge in [0, 0.05) is 12.8 Å². The van der Waals surface area contributed by atoms with E-state index in [1.807, 2.05) is 18.2 Å². The van der Waals surface area contributed by atoms with Crippen molar-refractivity contribution in [2.75, 3.05) is 12.8 Å². The minimum Gasteiger partial charge on any atom is -0.290 e. The molecule has 21 heavy (non-hydrogen) atoms. The highest BCUT2D eigenvalue weighted by Crippen LogP contribution is 2.35. The highest BCUT2D eigenvalue weighted by atomic mass is 32.2. The van der Waals surface area contributed by atoms with E-state index in [0.717, 1.165) is 31.6 Å². The lowest BCUT2D eigenvalue weighted by molar-refractivity contribution is 0.241. The molecule has 1 aliphatic heterocycles. The van der Waals surface area contributed by atoms with Gasteiger partial charge in [-0.3, -0.25) is 10.00 Å². The Labute approximate surface area is 124 Å². The molecule has 1 atom stereocenters. The van der Waals surface area contributed by atoms with Crippen LogP contribution in [0.15, 0.2) is 41.4 Å². The Hall–Kier alpha value is -1.66. The molecule has 1 aromatic carbocycles. The second-order valence-corrected chi connectivity index (χ2v) is 7.52. The van der Waals surface area contributed by atoms with Crippen LogP contribution >= 0.6 is 0 Å². The lowest BCUT2D eigenvalue weighted by atomic mass is 10.1. The normalized spacial score (nSPS) is 20.0. The Morgan fingerprint density at radius 1 is 1.33 bits per heavy atom. The minimum absolute atomic E-state index is 0.0948. The van der Waals surface area contributed by atoms with Crippen LogP contribution in [0.1, 0.15) is 30.1 Å². The van der Waals surface area contributed by atoms with Crippen molar-refractivity contribution in [3.8, 4) is 0 Å². The molecule has 1 N–H and O–H groups in total. The fourth-order valence-corrected chi connectivity index (χ4v) is 3.80. The van der Waals surface area contributed by atoms with Crippen molar-refractivity contribution in [3.63, 3.8) is 0 Å². The van der Waals surface area contributed by atoms with Gasteiger partial charge >= 0.3 is 0 Å². The van der Waals surface area contributed by atoms with Crippen LogP contribution in [-0.2, 0) is 16.4 Å². The van der Waals surface area contributed by atoms with Gasteiger partial charge in [-0.2, -0.15) is 5.10 Å². The maximum Gasteiger partial charge on any atom is 0.178 e. The van der Waals surface area contributed by atoms with E-state index in [2.05, 4.69) is 27.2 Å². The second kappa shape index (κ2) is 5.61. The fourth-order valence-electron chi connectivity index (χ4n) is 2.98. The molecule has 2 heterocycles. The first-order chi connectivity index (χ1) is 10.1. The SMILES string of the molecule is CS(=O)(=O)c1cn[nH]c1[C@@H]1CCCN1Cc1ccccc1. The van der Waals surface area contributed by atoms with Crippen LogP contribution in [0, 0.1) is 0 Å². The number of H-pyrrole nitrogens is 1. The number of hydrogen-bond acceptors (Lipinski definition) is 4. The molecule has 0 saturated carbocycles. The number of aromatic amines is 1. The average molecular weight is 305 g/mol. The van der Waals surface area contributed by atoms with Crippen LogP contribution in [0.3, 0.4) is 0 Å². The quantitative estimate of drug-likeness (QED) is 0.940. The highest BCUT2D eigenvalue weighted by molar-refractivity contribution is 7.90. The van der Waals surface area contributed by atoms with Crippen molar-refractivity contribution in [2.45, 2.75) is 30.3 Å². The molecular formula is C15H19N3O2S. The van der Waals surface area contributed by atoms with Crippen molar-refractivity contribution in [2.24, 2.45) is 0 Å². The molecule has 1 fully saturated rings. The number of aromatic nitrogens is 2. The number of benzene rings is 1. The lowest BCUT2D eigenvalue weighted by Gasteiger charge is -2.24. The maximum atomic E-state index is 11.9. The molecule has 3 rings (SSSR count). The number of hydrogen-bond donors (Lipinski definition) is 1. The van der Waals surface area contributed by atoms with Crippen molar-refractivity contribution in [1.29, 1.82) is 0 Å². The summed E-state index contributed by atoms with van der Waals surface area (Å²) in [4.78, 5) is 2.64. The Bertz CT molecular complexity index is 710. The van der Waals surface area contributed by atoms with Gasteiger partial charge in [0.15, 0.2) is 9.84 Å². The van der Waals surface area contributed by atoms with Gasteiger partial charge in [-0.1, -0.05) is 30.3 Å². The van der Waals surface area contributed by atoms with Crippen LogP contribution in [0.2, 0.25) is 0 Å². The number of sulfone groups is 1. The fraction of sp³-hybridized carbons (Fsp3) is 0.400. The zero-order valence-corrected chi connectivity index (χ0v) is 12.8. The summed E-state index contributed by atoms with van der Waals surface area (Å²) in [7, 11) is -3.24. The van der Waals surface area contributed by atoms with E-state index in [1.54, 1.807) is 0 Å². The first kappa shape index (κ1) is 14.3. The van der Waals surface area contributed by atoms with Gasteiger partial charge in [-0.05, 0) is 24.9 Å². The van der Waals surface area contributed by atoms with Crippen molar-refractivity contribution in [3.05, 3.63) is 47.8 Å². The van der Waals surface area contributed by atoms with Gasteiger partial charge < -0.3 is 0 Å². The summed E-state index contributed by atoms with van der Waals surface area (Å²) in [5.41, 5.74) is 1.97. The molecule has 0 spiro atoms. The predicted octanol–water partition coefficient (Wildman–Crippen LogP) is 2.15. The van der Waals surface area contributed by atoms with E-state index in [-0.39, 0.29) is 6.04 Å². The average Bonchev–Trinajstić information content (AvgIpc) is 3.07. The minimum atomic E-state index is -3.24. The van der Waals surface area contributed by atoms with Gasteiger partial charge in [0.25, 0.3) is 0 Å². The summed E-state index contributed by atoms with van der Waals surface area (Å²) < 4.78 is 23.7. The van der Waals surface area contributed by atoms with E-state index in [1.165, 1.54) is 18.0 Å². The van der Waals surface area contributed by atoms with Crippen molar-refractivity contribution >= 4 is 9.84 Å². The summed E-state index contributed by atoms with van der Waals surface area (Å²) in [6, 6.07) is 10.3. The van der Waals surface area contributed by atoms with Crippen molar-refractivity contribution < 1.29 is 8.42 Å². The van der Waals surface area contributed by atoms with Crippen molar-refractivity contribution in [1.82, 2.24) is 15.1 Å². The monoisotopic (exact) mass is 305 g/mol. The number of nitrogens with zero attached hydrogens (tertiary/aromatic N) is 2. The number of rotatable bonds is 4. The van der Waals surface area contributed by atoms with E-state index in [4.69, 9.17) is 0 Å². The largest absolute Gasteiger partial charge is 0.290 e. The van der Waals surface area contributed by atoms with Gasteiger partial charge in [-0.25, -0.2) is 8.42 Å². The zero-order valence-electron chi connectivity index (χ0n) is 12.0. The molecule has 6 heteroatoms. The van der Waals surface area contributed by atoms with Crippen LogP contribution in [0.25, 0.3) is 0 Å². The van der Waals surface area contributed by atoms with E-state index in [0.29, 0.717) is 4.90 Å². The highest BCUT2D eigenvalue weighted by Gasteiger charge is 2.31. The van der Waals surface area contributed by atoms with Gasteiger partial charge in [0.1, 0.15) is 4.90 Å². The topological polar surface area (TPSA) is 66.1 Å². The number of likely N-dealkylation sites (tertiary alicyclic amines) is 1. The molecule has 1 aromatic heterocycles. The van der Waals surface area contributed by atoms with Crippen LogP contribution < -0.4 is 0 Å². The molecule has 0 bridgehead atoms. The summed E-state index contributed by atoms with van der Waals surface area (Å²) in [6.45, 7) is 1.80. The van der Waals surface area contributed by atoms with Gasteiger partial charge in [0.2, 0.25) is 0 Å².